The molecule has 4 nitrogen and oxygen atoms in total. The average Bonchev–Trinajstić information content (AvgIpc) is 3.11. The number of hydrogen-bond donors (Lipinski definition) is 0. The summed E-state index contributed by atoms with van der Waals surface area (Å²) in [5, 5.41) is 11.2. The summed E-state index contributed by atoms with van der Waals surface area (Å²) >= 11 is 1.80. The average molecular weight is 306 g/mol. The summed E-state index contributed by atoms with van der Waals surface area (Å²) in [7, 11) is 0. The summed E-state index contributed by atoms with van der Waals surface area (Å²) in [6.45, 7) is 11.7. The molecule has 3 aliphatic rings. The lowest BCUT2D eigenvalue weighted by molar-refractivity contribution is 0.173. The molecule has 3 atom stereocenters. The van der Waals surface area contributed by atoms with Gasteiger partial charge in [-0.1, -0.05) is 38.5 Å². The highest BCUT2D eigenvalue weighted by atomic mass is 32.1. The molecule has 0 aliphatic carbocycles. The van der Waals surface area contributed by atoms with Crippen molar-refractivity contribution >= 4 is 16.5 Å². The van der Waals surface area contributed by atoms with Crippen LogP contribution in [0.25, 0.3) is 0 Å². The Labute approximate surface area is 131 Å². The van der Waals surface area contributed by atoms with Crippen LogP contribution in [0, 0.1) is 11.8 Å². The van der Waals surface area contributed by atoms with Crippen molar-refractivity contribution in [2.75, 3.05) is 31.1 Å². The molecule has 0 spiro atoms. The molecule has 21 heavy (non-hydrogen) atoms. The van der Waals surface area contributed by atoms with Gasteiger partial charge in [-0.05, 0) is 31.2 Å². The van der Waals surface area contributed by atoms with E-state index >= 15 is 0 Å². The Morgan fingerprint density at radius 1 is 1.10 bits per heavy atom. The SMILES string of the molecule is CC(C)(C)c1nnc(N2CC3CN4CCCCC4C3C2)s1. The fraction of sp³-hybridized carbons (Fsp3) is 0.875. The van der Waals surface area contributed by atoms with Crippen LogP contribution in [0.15, 0.2) is 0 Å². The van der Waals surface area contributed by atoms with Crippen LogP contribution < -0.4 is 4.90 Å². The van der Waals surface area contributed by atoms with E-state index in [0.29, 0.717) is 0 Å². The maximum absolute atomic E-state index is 4.48. The van der Waals surface area contributed by atoms with Crippen molar-refractivity contribution in [3.63, 3.8) is 0 Å². The predicted molar refractivity (Wildman–Crippen MR) is 87.0 cm³/mol. The Morgan fingerprint density at radius 2 is 1.95 bits per heavy atom. The lowest BCUT2D eigenvalue weighted by Crippen LogP contribution is -2.39. The molecule has 4 rings (SSSR count). The highest BCUT2D eigenvalue weighted by Gasteiger charge is 2.47. The molecule has 4 heterocycles. The van der Waals surface area contributed by atoms with E-state index in [-0.39, 0.29) is 5.41 Å². The van der Waals surface area contributed by atoms with E-state index in [1.54, 1.807) is 11.3 Å². The van der Waals surface area contributed by atoms with Gasteiger partial charge in [0.2, 0.25) is 5.13 Å². The minimum atomic E-state index is 0.117. The molecule has 3 fully saturated rings. The van der Waals surface area contributed by atoms with E-state index in [9.17, 15) is 0 Å². The zero-order valence-electron chi connectivity index (χ0n) is 13.4. The Hall–Kier alpha value is -0.680. The van der Waals surface area contributed by atoms with Crippen molar-refractivity contribution in [3.8, 4) is 0 Å². The molecule has 1 aromatic rings. The maximum Gasteiger partial charge on any atom is 0.208 e. The molecule has 116 valence electrons. The molecule has 0 radical (unpaired) electrons. The Bertz CT molecular complexity index is 521. The summed E-state index contributed by atoms with van der Waals surface area (Å²) in [6.07, 6.45) is 4.25. The minimum absolute atomic E-state index is 0.117. The number of nitrogens with zero attached hydrogens (tertiary/aromatic N) is 4. The van der Waals surface area contributed by atoms with Gasteiger partial charge in [-0.2, -0.15) is 0 Å². The summed E-state index contributed by atoms with van der Waals surface area (Å²) in [5.74, 6) is 1.72. The quantitative estimate of drug-likeness (QED) is 0.798. The predicted octanol–water partition coefficient (Wildman–Crippen LogP) is 2.76. The summed E-state index contributed by atoms with van der Waals surface area (Å²) in [4.78, 5) is 5.27. The van der Waals surface area contributed by atoms with Crippen LogP contribution in [0.2, 0.25) is 0 Å². The van der Waals surface area contributed by atoms with Crippen molar-refractivity contribution < 1.29 is 0 Å². The first-order valence-corrected chi connectivity index (χ1v) is 9.17. The smallest absolute Gasteiger partial charge is 0.208 e. The largest absolute Gasteiger partial charge is 0.346 e. The fourth-order valence-corrected chi connectivity index (χ4v) is 5.28. The number of rotatable bonds is 1. The lowest BCUT2D eigenvalue weighted by atomic mass is 9.90. The van der Waals surface area contributed by atoms with Gasteiger partial charge in [0.1, 0.15) is 5.01 Å². The fourth-order valence-electron chi connectivity index (χ4n) is 4.36. The lowest BCUT2D eigenvalue weighted by Gasteiger charge is -2.33. The summed E-state index contributed by atoms with van der Waals surface area (Å²) in [6, 6.07) is 0.851. The molecule has 0 aromatic carbocycles. The van der Waals surface area contributed by atoms with Crippen LogP contribution in [-0.4, -0.2) is 47.3 Å². The monoisotopic (exact) mass is 306 g/mol. The van der Waals surface area contributed by atoms with Crippen molar-refractivity contribution in [1.82, 2.24) is 15.1 Å². The molecule has 3 unspecified atom stereocenters. The third-order valence-corrected chi connectivity index (χ3v) is 6.86. The minimum Gasteiger partial charge on any atom is -0.346 e. The van der Waals surface area contributed by atoms with Gasteiger partial charge in [-0.15, -0.1) is 10.2 Å². The van der Waals surface area contributed by atoms with Gasteiger partial charge in [0, 0.05) is 31.1 Å². The van der Waals surface area contributed by atoms with Gasteiger partial charge in [0.05, 0.1) is 0 Å². The van der Waals surface area contributed by atoms with Gasteiger partial charge in [-0.25, -0.2) is 0 Å². The zero-order chi connectivity index (χ0) is 14.6. The zero-order valence-corrected chi connectivity index (χ0v) is 14.2. The molecule has 5 heteroatoms. The maximum atomic E-state index is 4.48. The number of piperidine rings is 1. The topological polar surface area (TPSA) is 32.3 Å². The van der Waals surface area contributed by atoms with Crippen LogP contribution >= 0.6 is 11.3 Å². The van der Waals surface area contributed by atoms with Gasteiger partial charge in [0.25, 0.3) is 0 Å². The third kappa shape index (κ3) is 2.38. The molecular weight excluding hydrogens is 280 g/mol. The summed E-state index contributed by atoms with van der Waals surface area (Å²) < 4.78 is 0. The third-order valence-electron chi connectivity index (χ3n) is 5.45. The van der Waals surface area contributed by atoms with Crippen molar-refractivity contribution in [1.29, 1.82) is 0 Å². The van der Waals surface area contributed by atoms with Gasteiger partial charge in [-0.3, -0.25) is 4.90 Å². The second-order valence-electron chi connectivity index (χ2n) is 8.03. The van der Waals surface area contributed by atoms with Crippen LogP contribution in [0.5, 0.6) is 0 Å². The van der Waals surface area contributed by atoms with Crippen LogP contribution in [-0.2, 0) is 5.41 Å². The van der Waals surface area contributed by atoms with Crippen LogP contribution in [0.4, 0.5) is 5.13 Å². The van der Waals surface area contributed by atoms with Gasteiger partial charge in [0.15, 0.2) is 0 Å². The van der Waals surface area contributed by atoms with E-state index in [0.717, 1.165) is 28.0 Å². The molecule has 3 saturated heterocycles. The Morgan fingerprint density at radius 3 is 2.71 bits per heavy atom. The number of anilines is 1. The molecule has 0 N–H and O–H groups in total. The van der Waals surface area contributed by atoms with E-state index in [2.05, 4.69) is 40.8 Å². The molecule has 0 amide bonds. The van der Waals surface area contributed by atoms with E-state index in [1.165, 1.54) is 45.4 Å². The number of aromatic nitrogens is 2. The van der Waals surface area contributed by atoms with Crippen molar-refractivity contribution in [2.45, 2.75) is 51.5 Å². The highest BCUT2D eigenvalue weighted by Crippen LogP contribution is 2.42. The van der Waals surface area contributed by atoms with E-state index in [1.807, 2.05) is 0 Å². The molecule has 1 aromatic heterocycles. The first-order chi connectivity index (χ1) is 10.0. The molecular formula is C16H26N4S. The Balaban J connectivity index is 1.49. The normalized spacial score (nSPS) is 33.3. The van der Waals surface area contributed by atoms with E-state index in [4.69, 9.17) is 0 Å². The number of fused-ring (bicyclic) bond motifs is 3. The Kier molecular flexibility index (Phi) is 3.26. The second-order valence-corrected chi connectivity index (χ2v) is 8.98. The van der Waals surface area contributed by atoms with Crippen molar-refractivity contribution in [3.05, 3.63) is 5.01 Å². The number of hydrogen-bond acceptors (Lipinski definition) is 5. The standard InChI is InChI=1S/C16H26N4S/c1-16(2,3)14-17-18-15(21-14)20-9-11-8-19-7-5-4-6-13(19)12(11)10-20/h11-13H,4-10H2,1-3H3. The first kappa shape index (κ1) is 13.9. The van der Waals surface area contributed by atoms with Gasteiger partial charge < -0.3 is 4.90 Å². The second kappa shape index (κ2) is 4.92. The van der Waals surface area contributed by atoms with Crippen LogP contribution in [0.1, 0.15) is 45.0 Å². The van der Waals surface area contributed by atoms with Crippen molar-refractivity contribution in [2.24, 2.45) is 11.8 Å². The molecule has 0 bridgehead atoms. The van der Waals surface area contributed by atoms with E-state index < -0.39 is 0 Å². The molecule has 3 aliphatic heterocycles. The van der Waals surface area contributed by atoms with Gasteiger partial charge >= 0.3 is 0 Å². The molecule has 0 saturated carbocycles. The summed E-state index contributed by atoms with van der Waals surface area (Å²) in [5.41, 5.74) is 0.117. The van der Waals surface area contributed by atoms with Crippen LogP contribution in [0.3, 0.4) is 0 Å². The first-order valence-electron chi connectivity index (χ1n) is 8.35. The highest BCUT2D eigenvalue weighted by molar-refractivity contribution is 7.15.